The number of amides is 4. The van der Waals surface area contributed by atoms with Gasteiger partial charge in [0.05, 0.1) is 0 Å². The minimum atomic E-state index is -1.01. The normalized spacial score (nSPS) is 27.4. The summed E-state index contributed by atoms with van der Waals surface area (Å²) in [7, 11) is 0. The summed E-state index contributed by atoms with van der Waals surface area (Å²) in [5, 5.41) is 6.01. The van der Waals surface area contributed by atoms with Crippen LogP contribution in [0.25, 0.3) is 0 Å². The van der Waals surface area contributed by atoms with Crippen LogP contribution in [0.5, 0.6) is 0 Å². The molecule has 2 heterocycles. The molecule has 4 aliphatic rings. The first-order valence-corrected chi connectivity index (χ1v) is 12.3. The SMILES string of the molecule is O=C(CN1C(=O)NC2(CCc3ccccc32)C1=O)NCC1(N2CCCCC2)CCCCC1. The third kappa shape index (κ3) is 3.60. The Morgan fingerprint density at radius 2 is 1.69 bits per heavy atom. The number of rotatable bonds is 5. The van der Waals surface area contributed by atoms with E-state index in [0.29, 0.717) is 13.0 Å². The predicted octanol–water partition coefficient (Wildman–Crippen LogP) is 2.68. The van der Waals surface area contributed by atoms with Crippen LogP contribution in [0.15, 0.2) is 24.3 Å². The van der Waals surface area contributed by atoms with E-state index in [2.05, 4.69) is 15.5 Å². The summed E-state index contributed by atoms with van der Waals surface area (Å²) in [4.78, 5) is 42.6. The van der Waals surface area contributed by atoms with Gasteiger partial charge in [0.15, 0.2) is 0 Å². The van der Waals surface area contributed by atoms with Crippen molar-refractivity contribution in [1.29, 1.82) is 0 Å². The molecular formula is C25H34N4O3. The number of piperidine rings is 1. The summed E-state index contributed by atoms with van der Waals surface area (Å²) in [5.74, 6) is -0.551. The van der Waals surface area contributed by atoms with Gasteiger partial charge < -0.3 is 10.6 Å². The number of nitrogens with one attached hydrogen (secondary N) is 2. The molecule has 7 heteroatoms. The number of aryl methyl sites for hydroxylation is 1. The van der Waals surface area contributed by atoms with Gasteiger partial charge in [0.25, 0.3) is 5.91 Å². The summed E-state index contributed by atoms with van der Waals surface area (Å²) in [6.07, 6.45) is 10.9. The van der Waals surface area contributed by atoms with Crippen molar-refractivity contribution >= 4 is 17.8 Å². The highest BCUT2D eigenvalue weighted by molar-refractivity contribution is 6.09. The molecule has 3 fully saturated rings. The lowest BCUT2D eigenvalue weighted by atomic mass is 9.79. The quantitative estimate of drug-likeness (QED) is 0.693. The first kappa shape index (κ1) is 21.4. The molecule has 2 aliphatic carbocycles. The van der Waals surface area contributed by atoms with Crippen LogP contribution in [0.4, 0.5) is 4.79 Å². The van der Waals surface area contributed by atoms with E-state index in [1.165, 1.54) is 38.5 Å². The number of likely N-dealkylation sites (tertiary alicyclic amines) is 1. The zero-order valence-corrected chi connectivity index (χ0v) is 18.8. The standard InChI is InChI=1S/C25H34N4O3/c30-21(26-18-24(12-5-1-6-13-24)28-15-7-2-8-16-28)17-29-22(31)25(27-23(29)32)14-11-19-9-3-4-10-20(19)25/h3-4,9-10H,1-2,5-8,11-18H2,(H,26,30)(H,27,32). The van der Waals surface area contributed by atoms with Gasteiger partial charge in [-0.2, -0.15) is 0 Å². The van der Waals surface area contributed by atoms with Crippen LogP contribution in [0.3, 0.4) is 0 Å². The Kier molecular flexibility index (Phi) is 5.70. The molecule has 32 heavy (non-hydrogen) atoms. The van der Waals surface area contributed by atoms with Gasteiger partial charge in [-0.1, -0.05) is 49.9 Å². The van der Waals surface area contributed by atoms with Gasteiger partial charge in [-0.25, -0.2) is 4.79 Å². The van der Waals surface area contributed by atoms with Gasteiger partial charge in [0.2, 0.25) is 5.91 Å². The minimum absolute atomic E-state index is 0.0250. The van der Waals surface area contributed by atoms with Crippen molar-refractivity contribution in [2.45, 2.75) is 75.3 Å². The fourth-order valence-electron chi connectivity index (χ4n) is 6.38. The van der Waals surface area contributed by atoms with Gasteiger partial charge in [0, 0.05) is 12.1 Å². The van der Waals surface area contributed by atoms with Crippen LogP contribution in [0.2, 0.25) is 0 Å². The molecule has 1 saturated carbocycles. The molecule has 0 bridgehead atoms. The lowest BCUT2D eigenvalue weighted by molar-refractivity contribution is -0.135. The Labute approximate surface area is 189 Å². The number of benzene rings is 1. The maximum atomic E-state index is 13.3. The third-order valence-electron chi connectivity index (χ3n) is 8.15. The Morgan fingerprint density at radius 3 is 2.47 bits per heavy atom. The molecule has 7 nitrogen and oxygen atoms in total. The van der Waals surface area contributed by atoms with Gasteiger partial charge >= 0.3 is 6.03 Å². The smallest absolute Gasteiger partial charge is 0.325 e. The van der Waals surface area contributed by atoms with E-state index in [1.54, 1.807) is 0 Å². The average Bonchev–Trinajstić information content (AvgIpc) is 3.32. The molecule has 172 valence electrons. The van der Waals surface area contributed by atoms with Crippen molar-refractivity contribution in [3.63, 3.8) is 0 Å². The van der Waals surface area contributed by atoms with E-state index < -0.39 is 11.6 Å². The molecule has 5 rings (SSSR count). The lowest BCUT2D eigenvalue weighted by Gasteiger charge is -2.48. The number of hydrogen-bond acceptors (Lipinski definition) is 4. The maximum Gasteiger partial charge on any atom is 0.325 e. The lowest BCUT2D eigenvalue weighted by Crippen LogP contribution is -2.58. The molecule has 2 aliphatic heterocycles. The largest absolute Gasteiger partial charge is 0.353 e. The van der Waals surface area contributed by atoms with Crippen LogP contribution in [-0.2, 0) is 21.5 Å². The summed E-state index contributed by atoms with van der Waals surface area (Å²) in [6.45, 7) is 2.59. The van der Waals surface area contributed by atoms with E-state index in [9.17, 15) is 14.4 Å². The number of urea groups is 1. The average molecular weight is 439 g/mol. The van der Waals surface area contributed by atoms with Crippen LogP contribution in [0, 0.1) is 0 Å². The number of imide groups is 1. The van der Waals surface area contributed by atoms with Crippen LogP contribution in [0.1, 0.15) is 68.9 Å². The molecule has 1 aromatic carbocycles. The topological polar surface area (TPSA) is 81.8 Å². The third-order valence-corrected chi connectivity index (χ3v) is 8.15. The van der Waals surface area contributed by atoms with Crippen LogP contribution in [-0.4, -0.2) is 59.4 Å². The Morgan fingerprint density at radius 1 is 0.969 bits per heavy atom. The molecule has 2 N–H and O–H groups in total. The second-order valence-electron chi connectivity index (χ2n) is 9.99. The molecule has 1 atom stereocenters. The van der Waals surface area contributed by atoms with E-state index in [0.717, 1.165) is 48.4 Å². The van der Waals surface area contributed by atoms with Crippen molar-refractivity contribution in [2.75, 3.05) is 26.2 Å². The van der Waals surface area contributed by atoms with Crippen LogP contribution >= 0.6 is 0 Å². The van der Waals surface area contributed by atoms with Crippen molar-refractivity contribution in [1.82, 2.24) is 20.4 Å². The predicted molar refractivity (Wildman–Crippen MR) is 121 cm³/mol. The van der Waals surface area contributed by atoms with Gasteiger partial charge in [-0.3, -0.25) is 19.4 Å². The molecule has 1 unspecified atom stereocenters. The fraction of sp³-hybridized carbons (Fsp3) is 0.640. The Hall–Kier alpha value is -2.41. The minimum Gasteiger partial charge on any atom is -0.353 e. The molecule has 1 spiro atoms. The highest BCUT2D eigenvalue weighted by Gasteiger charge is 2.55. The maximum absolute atomic E-state index is 13.3. The molecule has 2 saturated heterocycles. The Bertz CT molecular complexity index is 904. The van der Waals surface area contributed by atoms with Crippen molar-refractivity contribution < 1.29 is 14.4 Å². The molecule has 1 aromatic rings. The summed E-state index contributed by atoms with van der Waals surface area (Å²) < 4.78 is 0. The highest BCUT2D eigenvalue weighted by atomic mass is 16.2. The number of nitrogens with zero attached hydrogens (tertiary/aromatic N) is 2. The Balaban J connectivity index is 1.25. The molecular weight excluding hydrogens is 404 g/mol. The summed E-state index contributed by atoms with van der Waals surface area (Å²) in [6, 6.07) is 7.29. The van der Waals surface area contributed by atoms with Crippen molar-refractivity contribution in [3.05, 3.63) is 35.4 Å². The highest BCUT2D eigenvalue weighted by Crippen LogP contribution is 2.41. The first-order valence-electron chi connectivity index (χ1n) is 12.3. The van der Waals surface area contributed by atoms with E-state index in [-0.39, 0.29) is 23.9 Å². The van der Waals surface area contributed by atoms with E-state index >= 15 is 0 Å². The zero-order valence-electron chi connectivity index (χ0n) is 18.8. The monoisotopic (exact) mass is 438 g/mol. The fourth-order valence-corrected chi connectivity index (χ4v) is 6.38. The van der Waals surface area contributed by atoms with E-state index in [4.69, 9.17) is 0 Å². The number of carbonyl (C=O) groups excluding carboxylic acids is 3. The second-order valence-corrected chi connectivity index (χ2v) is 9.99. The molecule has 4 amide bonds. The van der Waals surface area contributed by atoms with Crippen LogP contribution < -0.4 is 10.6 Å². The summed E-state index contributed by atoms with van der Waals surface area (Å²) >= 11 is 0. The number of hydrogen-bond donors (Lipinski definition) is 2. The van der Waals surface area contributed by atoms with Gasteiger partial charge in [-0.15, -0.1) is 0 Å². The van der Waals surface area contributed by atoms with Crippen molar-refractivity contribution in [3.8, 4) is 0 Å². The molecule has 0 aromatic heterocycles. The van der Waals surface area contributed by atoms with Gasteiger partial charge in [-0.05, 0) is 62.7 Å². The van der Waals surface area contributed by atoms with E-state index in [1.807, 2.05) is 24.3 Å². The first-order chi connectivity index (χ1) is 15.5. The van der Waals surface area contributed by atoms with Gasteiger partial charge in [0.1, 0.15) is 12.1 Å². The molecule has 0 radical (unpaired) electrons. The second kappa shape index (κ2) is 8.50. The summed E-state index contributed by atoms with van der Waals surface area (Å²) in [5.41, 5.74) is 0.976. The number of carbonyl (C=O) groups is 3. The number of fused-ring (bicyclic) bond motifs is 2. The zero-order chi connectivity index (χ0) is 22.2. The van der Waals surface area contributed by atoms with Crippen molar-refractivity contribution in [2.24, 2.45) is 0 Å².